The highest BCUT2D eigenvalue weighted by atomic mass is 32.1. The van der Waals surface area contributed by atoms with Gasteiger partial charge in [0.05, 0.1) is 6.61 Å². The Morgan fingerprint density at radius 2 is 2.31 bits per heavy atom. The van der Waals surface area contributed by atoms with E-state index in [1.165, 1.54) is 0 Å². The van der Waals surface area contributed by atoms with E-state index in [1.807, 2.05) is 22.9 Å². The Bertz CT molecular complexity index is 192. The fourth-order valence-corrected chi connectivity index (χ4v) is 1.22. The zero-order chi connectivity index (χ0) is 9.36. The topological polar surface area (TPSA) is 47.6 Å². The molecule has 1 aromatic rings. The summed E-state index contributed by atoms with van der Waals surface area (Å²) in [5.74, 6) is 0. The standard InChI is InChI=1S/C4H7NO3.C4H4S/c6-3-8-4-5-1-2-7-4;1-2-4-5-3-1/h3-5H,1-2H2;1-4H. The predicted molar refractivity (Wildman–Crippen MR) is 49.2 cm³/mol. The second-order valence-corrected chi connectivity index (χ2v) is 3.00. The largest absolute Gasteiger partial charge is 0.424 e. The molecule has 0 aliphatic carbocycles. The van der Waals surface area contributed by atoms with Gasteiger partial charge in [0.25, 0.3) is 12.9 Å². The third-order valence-electron chi connectivity index (χ3n) is 1.29. The molecule has 1 saturated heterocycles. The minimum Gasteiger partial charge on any atom is -0.424 e. The van der Waals surface area contributed by atoms with E-state index >= 15 is 0 Å². The van der Waals surface area contributed by atoms with Crippen molar-refractivity contribution < 1.29 is 14.3 Å². The zero-order valence-corrected chi connectivity index (χ0v) is 7.83. The van der Waals surface area contributed by atoms with Gasteiger partial charge in [0.15, 0.2) is 0 Å². The van der Waals surface area contributed by atoms with Gasteiger partial charge < -0.3 is 9.47 Å². The molecule has 0 amide bonds. The molecule has 0 radical (unpaired) electrons. The maximum atomic E-state index is 9.62. The van der Waals surface area contributed by atoms with Crippen LogP contribution in [0.5, 0.6) is 0 Å². The van der Waals surface area contributed by atoms with Crippen LogP contribution in [-0.4, -0.2) is 26.0 Å². The predicted octanol–water partition coefficient (Wildman–Crippen LogP) is 0.811. The van der Waals surface area contributed by atoms with E-state index in [1.54, 1.807) is 11.3 Å². The average Bonchev–Trinajstić information content (AvgIpc) is 2.79. The van der Waals surface area contributed by atoms with E-state index in [0.717, 1.165) is 6.54 Å². The van der Waals surface area contributed by atoms with Crippen LogP contribution in [-0.2, 0) is 14.3 Å². The van der Waals surface area contributed by atoms with E-state index in [0.29, 0.717) is 13.1 Å². The van der Waals surface area contributed by atoms with Crippen molar-refractivity contribution in [3.8, 4) is 0 Å². The molecule has 2 rings (SSSR count). The smallest absolute Gasteiger partial charge is 0.296 e. The van der Waals surface area contributed by atoms with E-state index in [2.05, 4.69) is 10.1 Å². The summed E-state index contributed by atoms with van der Waals surface area (Å²) >= 11 is 1.71. The summed E-state index contributed by atoms with van der Waals surface area (Å²) in [7, 11) is 0. The third-order valence-corrected chi connectivity index (χ3v) is 1.92. The number of carbonyl (C=O) groups is 1. The summed E-state index contributed by atoms with van der Waals surface area (Å²) in [6, 6.07) is 4.04. The fourth-order valence-electron chi connectivity index (χ4n) is 0.766. The molecule has 4 nitrogen and oxygen atoms in total. The third kappa shape index (κ3) is 4.62. The van der Waals surface area contributed by atoms with Gasteiger partial charge in [-0.3, -0.25) is 10.1 Å². The molecule has 5 heteroatoms. The number of rotatable bonds is 2. The zero-order valence-electron chi connectivity index (χ0n) is 7.01. The first kappa shape index (κ1) is 10.2. The van der Waals surface area contributed by atoms with Crippen molar-refractivity contribution in [1.82, 2.24) is 5.32 Å². The molecule has 1 aliphatic heterocycles. The summed E-state index contributed by atoms with van der Waals surface area (Å²) in [6.07, 6.45) is -0.507. The lowest BCUT2D eigenvalue weighted by molar-refractivity contribution is -0.157. The number of nitrogens with one attached hydrogen (secondary N) is 1. The van der Waals surface area contributed by atoms with Crippen molar-refractivity contribution in [3.05, 3.63) is 22.9 Å². The first-order chi connectivity index (χ1) is 6.43. The van der Waals surface area contributed by atoms with Crippen LogP contribution in [0.1, 0.15) is 0 Å². The summed E-state index contributed by atoms with van der Waals surface area (Å²) in [6.45, 7) is 1.72. The Morgan fingerprint density at radius 3 is 2.69 bits per heavy atom. The van der Waals surface area contributed by atoms with Crippen molar-refractivity contribution >= 4 is 17.8 Å². The first-order valence-electron chi connectivity index (χ1n) is 3.85. The first-order valence-corrected chi connectivity index (χ1v) is 4.79. The minimum atomic E-state index is -0.507. The maximum Gasteiger partial charge on any atom is 0.296 e. The highest BCUT2D eigenvalue weighted by molar-refractivity contribution is 7.07. The van der Waals surface area contributed by atoms with E-state index < -0.39 is 6.41 Å². The number of ether oxygens (including phenoxy) is 2. The molecule has 1 unspecified atom stereocenters. The number of thiophene rings is 1. The van der Waals surface area contributed by atoms with Gasteiger partial charge in [-0.25, -0.2) is 0 Å². The van der Waals surface area contributed by atoms with Gasteiger partial charge in [0.1, 0.15) is 0 Å². The van der Waals surface area contributed by atoms with Crippen LogP contribution in [0.15, 0.2) is 22.9 Å². The highest BCUT2D eigenvalue weighted by Gasteiger charge is 2.13. The van der Waals surface area contributed by atoms with Crippen LogP contribution < -0.4 is 5.32 Å². The van der Waals surface area contributed by atoms with Crippen molar-refractivity contribution in [2.75, 3.05) is 13.2 Å². The highest BCUT2D eigenvalue weighted by Crippen LogP contribution is 1.93. The van der Waals surface area contributed by atoms with Gasteiger partial charge in [0.2, 0.25) is 0 Å². The maximum absolute atomic E-state index is 9.62. The minimum absolute atomic E-state index is 0.364. The summed E-state index contributed by atoms with van der Waals surface area (Å²) in [4.78, 5) is 9.62. The fraction of sp³-hybridized carbons (Fsp3) is 0.375. The van der Waals surface area contributed by atoms with Crippen LogP contribution in [0.4, 0.5) is 0 Å². The van der Waals surface area contributed by atoms with Crippen LogP contribution in [0.25, 0.3) is 0 Å². The summed E-state index contributed by atoms with van der Waals surface area (Å²) in [5.41, 5.74) is 0. The van der Waals surface area contributed by atoms with Crippen LogP contribution in [0.3, 0.4) is 0 Å². The SMILES string of the molecule is O=COC1NCCO1.c1ccsc1. The number of hydrogen-bond acceptors (Lipinski definition) is 5. The Balaban J connectivity index is 0.000000145. The molecule has 2 heterocycles. The van der Waals surface area contributed by atoms with Crippen LogP contribution in [0.2, 0.25) is 0 Å². The summed E-state index contributed by atoms with van der Waals surface area (Å²) in [5, 5.41) is 6.87. The number of hydrogen-bond donors (Lipinski definition) is 1. The van der Waals surface area contributed by atoms with Crippen molar-refractivity contribution in [2.45, 2.75) is 6.41 Å². The quantitative estimate of drug-likeness (QED) is 0.719. The monoisotopic (exact) mass is 201 g/mol. The molecule has 13 heavy (non-hydrogen) atoms. The molecule has 1 N–H and O–H groups in total. The van der Waals surface area contributed by atoms with Crippen molar-refractivity contribution in [3.63, 3.8) is 0 Å². The molecule has 72 valence electrons. The van der Waals surface area contributed by atoms with E-state index in [9.17, 15) is 4.79 Å². The summed E-state index contributed by atoms with van der Waals surface area (Å²) < 4.78 is 9.22. The Hall–Kier alpha value is -0.910. The molecule has 1 aromatic heterocycles. The lowest BCUT2D eigenvalue weighted by Crippen LogP contribution is -2.24. The Morgan fingerprint density at radius 1 is 1.54 bits per heavy atom. The van der Waals surface area contributed by atoms with Gasteiger partial charge in [-0.05, 0) is 10.8 Å². The molecule has 0 aromatic carbocycles. The van der Waals surface area contributed by atoms with Crippen LogP contribution in [0, 0.1) is 0 Å². The molecule has 0 saturated carbocycles. The van der Waals surface area contributed by atoms with Gasteiger partial charge in [0, 0.05) is 6.54 Å². The van der Waals surface area contributed by atoms with Crippen LogP contribution >= 0.6 is 11.3 Å². The molecular weight excluding hydrogens is 190 g/mol. The lowest BCUT2D eigenvalue weighted by atomic mass is 10.7. The second-order valence-electron chi connectivity index (χ2n) is 2.18. The molecular formula is C8H11NO3S. The normalized spacial score (nSPS) is 20.2. The molecule has 1 aliphatic rings. The Labute approximate surface area is 80.5 Å². The van der Waals surface area contributed by atoms with E-state index in [-0.39, 0.29) is 0 Å². The van der Waals surface area contributed by atoms with Crippen molar-refractivity contribution in [1.29, 1.82) is 0 Å². The van der Waals surface area contributed by atoms with Gasteiger partial charge in [-0.15, -0.1) is 0 Å². The van der Waals surface area contributed by atoms with Gasteiger partial charge in [-0.1, -0.05) is 12.1 Å². The second kappa shape index (κ2) is 6.59. The molecule has 0 bridgehead atoms. The molecule has 0 spiro atoms. The van der Waals surface area contributed by atoms with E-state index in [4.69, 9.17) is 4.74 Å². The number of carbonyl (C=O) groups excluding carboxylic acids is 1. The molecule has 1 fully saturated rings. The lowest BCUT2D eigenvalue weighted by Gasteiger charge is -2.04. The van der Waals surface area contributed by atoms with Gasteiger partial charge in [-0.2, -0.15) is 11.3 Å². The average molecular weight is 201 g/mol. The Kier molecular flexibility index (Phi) is 5.16. The van der Waals surface area contributed by atoms with Gasteiger partial charge >= 0.3 is 0 Å². The van der Waals surface area contributed by atoms with Crippen molar-refractivity contribution in [2.24, 2.45) is 0 Å². The molecule has 1 atom stereocenters.